The van der Waals surface area contributed by atoms with Crippen molar-refractivity contribution in [2.75, 3.05) is 12.0 Å². The lowest BCUT2D eigenvalue weighted by Crippen LogP contribution is -1.92. The SMILES string of the molecule is CSCc1c(N)ccc2sc3ccccc3c12. The van der Waals surface area contributed by atoms with Gasteiger partial charge in [0.05, 0.1) is 0 Å². The molecule has 0 aliphatic rings. The summed E-state index contributed by atoms with van der Waals surface area (Å²) in [7, 11) is 0. The minimum absolute atomic E-state index is 0.912. The highest BCUT2D eigenvalue weighted by Crippen LogP contribution is 2.38. The molecule has 3 heteroatoms. The first-order chi connectivity index (χ1) is 8.31. The Kier molecular flexibility index (Phi) is 2.73. The molecule has 0 saturated heterocycles. The number of nitrogen functional groups attached to an aromatic ring is 1. The van der Waals surface area contributed by atoms with E-state index in [-0.39, 0.29) is 0 Å². The summed E-state index contributed by atoms with van der Waals surface area (Å²) < 4.78 is 2.68. The van der Waals surface area contributed by atoms with Crippen molar-refractivity contribution >= 4 is 49.0 Å². The molecular formula is C14H13NS2. The monoisotopic (exact) mass is 259 g/mol. The maximum Gasteiger partial charge on any atom is 0.0362 e. The number of fused-ring (bicyclic) bond motifs is 3. The summed E-state index contributed by atoms with van der Waals surface area (Å²) in [4.78, 5) is 0. The molecular weight excluding hydrogens is 246 g/mol. The molecule has 0 radical (unpaired) electrons. The van der Waals surface area contributed by atoms with Gasteiger partial charge in [-0.3, -0.25) is 0 Å². The van der Waals surface area contributed by atoms with E-state index in [2.05, 4.69) is 36.6 Å². The van der Waals surface area contributed by atoms with Crippen LogP contribution in [0.1, 0.15) is 5.56 Å². The molecule has 2 aromatic carbocycles. The van der Waals surface area contributed by atoms with Crippen LogP contribution in [0, 0.1) is 0 Å². The Morgan fingerprint density at radius 2 is 1.94 bits per heavy atom. The fourth-order valence-electron chi connectivity index (χ4n) is 2.20. The minimum Gasteiger partial charge on any atom is -0.398 e. The molecule has 0 fully saturated rings. The lowest BCUT2D eigenvalue weighted by molar-refractivity contribution is 1.48. The number of hydrogen-bond acceptors (Lipinski definition) is 3. The largest absolute Gasteiger partial charge is 0.398 e. The average molecular weight is 259 g/mol. The predicted octanol–water partition coefficient (Wildman–Crippen LogP) is 4.50. The van der Waals surface area contributed by atoms with Crippen LogP contribution < -0.4 is 5.73 Å². The summed E-state index contributed by atoms with van der Waals surface area (Å²) in [6.07, 6.45) is 2.12. The van der Waals surface area contributed by atoms with Crippen molar-refractivity contribution in [2.45, 2.75) is 5.75 Å². The smallest absolute Gasteiger partial charge is 0.0362 e. The van der Waals surface area contributed by atoms with E-state index >= 15 is 0 Å². The van der Waals surface area contributed by atoms with E-state index in [9.17, 15) is 0 Å². The molecule has 0 atom stereocenters. The molecule has 1 heterocycles. The zero-order valence-corrected chi connectivity index (χ0v) is 11.2. The second-order valence-electron chi connectivity index (χ2n) is 4.04. The summed E-state index contributed by atoms with van der Waals surface area (Å²) in [6, 6.07) is 12.7. The van der Waals surface area contributed by atoms with Crippen LogP contribution in [0.2, 0.25) is 0 Å². The predicted molar refractivity (Wildman–Crippen MR) is 81.0 cm³/mol. The summed E-state index contributed by atoms with van der Waals surface area (Å²) in [6.45, 7) is 0. The molecule has 1 aromatic heterocycles. The molecule has 0 unspecified atom stereocenters. The van der Waals surface area contributed by atoms with Gasteiger partial charge in [0.1, 0.15) is 0 Å². The van der Waals surface area contributed by atoms with Crippen LogP contribution in [-0.2, 0) is 5.75 Å². The Balaban J connectivity index is 2.46. The first-order valence-corrected chi connectivity index (χ1v) is 7.70. The molecule has 0 amide bonds. The van der Waals surface area contributed by atoms with Crippen LogP contribution in [0.3, 0.4) is 0 Å². The Morgan fingerprint density at radius 1 is 1.12 bits per heavy atom. The third-order valence-electron chi connectivity index (χ3n) is 2.98. The van der Waals surface area contributed by atoms with E-state index in [1.165, 1.54) is 25.7 Å². The van der Waals surface area contributed by atoms with Crippen molar-refractivity contribution in [2.24, 2.45) is 0 Å². The van der Waals surface area contributed by atoms with Gasteiger partial charge in [0.25, 0.3) is 0 Å². The molecule has 1 nitrogen and oxygen atoms in total. The van der Waals surface area contributed by atoms with Gasteiger partial charge >= 0.3 is 0 Å². The van der Waals surface area contributed by atoms with Crippen LogP contribution in [0.5, 0.6) is 0 Å². The zero-order chi connectivity index (χ0) is 11.8. The maximum atomic E-state index is 6.11. The summed E-state index contributed by atoms with van der Waals surface area (Å²) in [5.41, 5.74) is 8.31. The van der Waals surface area contributed by atoms with Gasteiger partial charge in [0.2, 0.25) is 0 Å². The van der Waals surface area contributed by atoms with E-state index in [1.54, 1.807) is 0 Å². The topological polar surface area (TPSA) is 26.0 Å². The van der Waals surface area contributed by atoms with E-state index in [4.69, 9.17) is 5.73 Å². The fraction of sp³-hybridized carbons (Fsp3) is 0.143. The van der Waals surface area contributed by atoms with Gasteiger partial charge in [-0.05, 0) is 30.0 Å². The Labute approximate surface area is 109 Å². The first kappa shape index (κ1) is 10.9. The Morgan fingerprint density at radius 3 is 2.76 bits per heavy atom. The van der Waals surface area contributed by atoms with Crippen molar-refractivity contribution in [3.8, 4) is 0 Å². The molecule has 0 saturated carbocycles. The van der Waals surface area contributed by atoms with Crippen LogP contribution in [0.15, 0.2) is 36.4 Å². The molecule has 0 spiro atoms. The highest BCUT2D eigenvalue weighted by molar-refractivity contribution is 7.97. The molecule has 0 aliphatic carbocycles. The quantitative estimate of drug-likeness (QED) is 0.686. The van der Waals surface area contributed by atoms with Gasteiger partial charge in [0.15, 0.2) is 0 Å². The molecule has 86 valence electrons. The Hall–Kier alpha value is -1.19. The van der Waals surface area contributed by atoms with Gasteiger partial charge < -0.3 is 5.73 Å². The van der Waals surface area contributed by atoms with Gasteiger partial charge in [-0.1, -0.05) is 18.2 Å². The minimum atomic E-state index is 0.912. The standard InChI is InChI=1S/C14H13NS2/c1-16-8-10-11(15)6-7-13-14(10)9-4-2-3-5-12(9)17-13/h2-7H,8,15H2,1H3. The van der Waals surface area contributed by atoms with Crippen LogP contribution in [0.4, 0.5) is 5.69 Å². The third kappa shape index (κ3) is 1.70. The number of hydrogen-bond donors (Lipinski definition) is 1. The lowest BCUT2D eigenvalue weighted by atomic mass is 10.1. The maximum absolute atomic E-state index is 6.11. The number of anilines is 1. The van der Waals surface area contributed by atoms with Crippen molar-refractivity contribution in [1.82, 2.24) is 0 Å². The van der Waals surface area contributed by atoms with E-state index in [0.717, 1.165) is 11.4 Å². The summed E-state index contributed by atoms with van der Waals surface area (Å²) >= 11 is 3.67. The molecule has 3 aromatic rings. The number of rotatable bonds is 2. The summed E-state index contributed by atoms with van der Waals surface area (Å²) in [5.74, 6) is 0.976. The number of thioether (sulfide) groups is 1. The molecule has 3 rings (SSSR count). The Bertz CT molecular complexity index is 685. The highest BCUT2D eigenvalue weighted by atomic mass is 32.2. The second kappa shape index (κ2) is 4.24. The van der Waals surface area contributed by atoms with E-state index in [0.29, 0.717) is 0 Å². The van der Waals surface area contributed by atoms with Crippen molar-refractivity contribution < 1.29 is 0 Å². The van der Waals surface area contributed by atoms with E-state index in [1.807, 2.05) is 29.2 Å². The van der Waals surface area contributed by atoms with Gasteiger partial charge in [0, 0.05) is 31.6 Å². The van der Waals surface area contributed by atoms with Crippen LogP contribution >= 0.6 is 23.1 Å². The lowest BCUT2D eigenvalue weighted by Gasteiger charge is -2.06. The number of benzene rings is 2. The van der Waals surface area contributed by atoms with Crippen molar-refractivity contribution in [1.29, 1.82) is 0 Å². The van der Waals surface area contributed by atoms with E-state index < -0.39 is 0 Å². The highest BCUT2D eigenvalue weighted by Gasteiger charge is 2.11. The van der Waals surface area contributed by atoms with Gasteiger partial charge in [-0.15, -0.1) is 11.3 Å². The fourth-order valence-corrected chi connectivity index (χ4v) is 3.94. The van der Waals surface area contributed by atoms with Crippen LogP contribution in [-0.4, -0.2) is 6.26 Å². The second-order valence-corrected chi connectivity index (χ2v) is 5.99. The van der Waals surface area contributed by atoms with Gasteiger partial charge in [-0.2, -0.15) is 11.8 Å². The third-order valence-corrected chi connectivity index (χ3v) is 4.69. The molecule has 17 heavy (non-hydrogen) atoms. The van der Waals surface area contributed by atoms with Gasteiger partial charge in [-0.25, -0.2) is 0 Å². The first-order valence-electron chi connectivity index (χ1n) is 5.49. The molecule has 0 bridgehead atoms. The molecule has 0 aliphatic heterocycles. The molecule has 2 N–H and O–H groups in total. The van der Waals surface area contributed by atoms with Crippen molar-refractivity contribution in [3.05, 3.63) is 42.0 Å². The normalized spacial score (nSPS) is 11.4. The number of thiophene rings is 1. The number of nitrogens with two attached hydrogens (primary N) is 1. The van der Waals surface area contributed by atoms with Crippen molar-refractivity contribution in [3.63, 3.8) is 0 Å². The average Bonchev–Trinajstić information content (AvgIpc) is 2.72. The van der Waals surface area contributed by atoms with Crippen LogP contribution in [0.25, 0.3) is 20.2 Å². The summed E-state index contributed by atoms with van der Waals surface area (Å²) in [5, 5.41) is 2.68. The zero-order valence-electron chi connectivity index (χ0n) is 9.57.